The number of rotatable bonds is 1. The lowest BCUT2D eigenvalue weighted by Gasteiger charge is -2.16. The lowest BCUT2D eigenvalue weighted by molar-refractivity contribution is -0.149. The number of alkyl halides is 3. The number of aromatic nitrogens is 1. The molecule has 1 unspecified atom stereocenters. The highest BCUT2D eigenvalue weighted by molar-refractivity contribution is 9.10. The molecule has 0 aromatic carbocycles. The second-order valence-corrected chi connectivity index (χ2v) is 3.74. The lowest BCUT2D eigenvalue weighted by Crippen LogP contribution is -2.28. The standard InChI is InChI=1S/C7H5BrClF3N2/c8-6-4(1-3(9)2-14-6)5(13)7(10,11)12/h1-2,5H,13H2. The Hall–Kier alpha value is -0.330. The van der Waals surface area contributed by atoms with Gasteiger partial charge >= 0.3 is 6.18 Å². The van der Waals surface area contributed by atoms with Gasteiger partial charge in [-0.05, 0) is 22.0 Å². The molecule has 7 heteroatoms. The second kappa shape index (κ2) is 4.04. The van der Waals surface area contributed by atoms with Crippen LogP contribution < -0.4 is 5.73 Å². The van der Waals surface area contributed by atoms with Gasteiger partial charge < -0.3 is 5.73 Å². The zero-order valence-electron chi connectivity index (χ0n) is 6.65. The molecule has 78 valence electrons. The average molecular weight is 289 g/mol. The van der Waals surface area contributed by atoms with E-state index in [0.717, 1.165) is 6.07 Å². The Morgan fingerprint density at radius 2 is 2.07 bits per heavy atom. The molecule has 0 radical (unpaired) electrons. The largest absolute Gasteiger partial charge is 0.407 e. The van der Waals surface area contributed by atoms with Crippen molar-refractivity contribution in [3.8, 4) is 0 Å². The van der Waals surface area contributed by atoms with Crippen LogP contribution in [0.1, 0.15) is 11.6 Å². The zero-order chi connectivity index (χ0) is 10.9. The zero-order valence-corrected chi connectivity index (χ0v) is 8.99. The van der Waals surface area contributed by atoms with Crippen LogP contribution in [0, 0.1) is 0 Å². The number of pyridine rings is 1. The summed E-state index contributed by atoms with van der Waals surface area (Å²) in [6, 6.07) is -0.945. The SMILES string of the molecule is NC(c1cc(Cl)cnc1Br)C(F)(F)F. The molecule has 1 atom stereocenters. The predicted octanol–water partition coefficient (Wildman–Crippen LogP) is 3.06. The second-order valence-electron chi connectivity index (χ2n) is 2.55. The van der Waals surface area contributed by atoms with Crippen molar-refractivity contribution in [2.24, 2.45) is 5.73 Å². The van der Waals surface area contributed by atoms with Gasteiger partial charge in [-0.15, -0.1) is 0 Å². The molecule has 14 heavy (non-hydrogen) atoms. The summed E-state index contributed by atoms with van der Waals surface area (Å²) in [4.78, 5) is 3.62. The molecule has 2 N–H and O–H groups in total. The smallest absolute Gasteiger partial charge is 0.316 e. The van der Waals surface area contributed by atoms with Gasteiger partial charge in [-0.3, -0.25) is 0 Å². The summed E-state index contributed by atoms with van der Waals surface area (Å²) in [7, 11) is 0. The minimum Gasteiger partial charge on any atom is -0.316 e. The van der Waals surface area contributed by atoms with Gasteiger partial charge in [-0.2, -0.15) is 13.2 Å². The summed E-state index contributed by atoms with van der Waals surface area (Å²) in [5, 5.41) is 0.114. The topological polar surface area (TPSA) is 38.9 Å². The maximum atomic E-state index is 12.2. The van der Waals surface area contributed by atoms with E-state index in [1.165, 1.54) is 6.20 Å². The highest BCUT2D eigenvalue weighted by Gasteiger charge is 2.39. The summed E-state index contributed by atoms with van der Waals surface area (Å²) < 4.78 is 36.7. The van der Waals surface area contributed by atoms with E-state index in [1.807, 2.05) is 0 Å². The third-order valence-electron chi connectivity index (χ3n) is 1.52. The average Bonchev–Trinajstić information content (AvgIpc) is 2.06. The van der Waals surface area contributed by atoms with Crippen molar-refractivity contribution in [3.63, 3.8) is 0 Å². The van der Waals surface area contributed by atoms with Gasteiger partial charge in [-0.25, -0.2) is 4.98 Å². The molecule has 0 aliphatic carbocycles. The molecule has 1 aromatic rings. The van der Waals surface area contributed by atoms with Crippen molar-refractivity contribution in [2.75, 3.05) is 0 Å². The normalized spacial score (nSPS) is 14.1. The number of nitrogens with two attached hydrogens (primary N) is 1. The first-order valence-electron chi connectivity index (χ1n) is 3.45. The van der Waals surface area contributed by atoms with Gasteiger partial charge in [-0.1, -0.05) is 11.6 Å². The molecular formula is C7H5BrClF3N2. The molecule has 0 saturated heterocycles. The molecule has 1 rings (SSSR count). The lowest BCUT2D eigenvalue weighted by atomic mass is 10.1. The van der Waals surface area contributed by atoms with Gasteiger partial charge in [0.2, 0.25) is 0 Å². The van der Waals surface area contributed by atoms with Crippen LogP contribution in [0.3, 0.4) is 0 Å². The van der Waals surface area contributed by atoms with E-state index >= 15 is 0 Å². The fraction of sp³-hybridized carbons (Fsp3) is 0.286. The Kier molecular flexibility index (Phi) is 3.39. The van der Waals surface area contributed by atoms with Crippen LogP contribution >= 0.6 is 27.5 Å². The molecule has 2 nitrogen and oxygen atoms in total. The Balaban J connectivity index is 3.12. The summed E-state index contributed by atoms with van der Waals surface area (Å²) in [6.07, 6.45) is -3.27. The van der Waals surface area contributed by atoms with Gasteiger partial charge in [0.25, 0.3) is 0 Å². The Bertz CT molecular complexity index is 342. The minimum absolute atomic E-state index is 0.0479. The van der Waals surface area contributed by atoms with Crippen molar-refractivity contribution in [1.29, 1.82) is 0 Å². The molecule has 0 fully saturated rings. The van der Waals surface area contributed by atoms with Crippen molar-refractivity contribution in [2.45, 2.75) is 12.2 Å². The summed E-state index contributed by atoms with van der Waals surface area (Å²) in [6.45, 7) is 0. The monoisotopic (exact) mass is 288 g/mol. The first-order valence-corrected chi connectivity index (χ1v) is 4.62. The maximum Gasteiger partial charge on any atom is 0.407 e. The van der Waals surface area contributed by atoms with Crippen molar-refractivity contribution >= 4 is 27.5 Å². The van der Waals surface area contributed by atoms with Crippen LogP contribution in [0.15, 0.2) is 16.9 Å². The molecule has 1 aromatic heterocycles. The van der Waals surface area contributed by atoms with E-state index in [9.17, 15) is 13.2 Å². The Labute approximate surface area is 91.4 Å². The molecule has 1 heterocycles. The van der Waals surface area contributed by atoms with Crippen molar-refractivity contribution in [1.82, 2.24) is 4.98 Å². The van der Waals surface area contributed by atoms with Crippen molar-refractivity contribution in [3.05, 3.63) is 27.5 Å². The van der Waals surface area contributed by atoms with E-state index in [0.29, 0.717) is 0 Å². The fourth-order valence-corrected chi connectivity index (χ4v) is 1.46. The Morgan fingerprint density at radius 3 is 2.57 bits per heavy atom. The van der Waals surface area contributed by atoms with Crippen LogP contribution in [0.5, 0.6) is 0 Å². The van der Waals surface area contributed by atoms with Crippen molar-refractivity contribution < 1.29 is 13.2 Å². The third-order valence-corrected chi connectivity index (χ3v) is 2.39. The number of nitrogens with zero attached hydrogens (tertiary/aromatic N) is 1. The van der Waals surface area contributed by atoms with E-state index in [4.69, 9.17) is 17.3 Å². The van der Waals surface area contributed by atoms with Crippen LogP contribution in [-0.2, 0) is 0 Å². The van der Waals surface area contributed by atoms with Crippen LogP contribution in [-0.4, -0.2) is 11.2 Å². The van der Waals surface area contributed by atoms with Crippen LogP contribution in [0.4, 0.5) is 13.2 Å². The molecule has 0 amide bonds. The van der Waals surface area contributed by atoms with E-state index in [2.05, 4.69) is 20.9 Å². The molecule has 0 aliphatic heterocycles. The first kappa shape index (κ1) is 11.7. The summed E-state index contributed by atoms with van der Waals surface area (Å²) in [5.41, 5.74) is 4.81. The quantitative estimate of drug-likeness (QED) is 0.807. The third kappa shape index (κ3) is 2.59. The van der Waals surface area contributed by atoms with Gasteiger partial charge in [0, 0.05) is 11.8 Å². The van der Waals surface area contributed by atoms with Gasteiger partial charge in [0.1, 0.15) is 10.6 Å². The number of hydrogen-bond acceptors (Lipinski definition) is 2. The first-order chi connectivity index (χ1) is 6.32. The van der Waals surface area contributed by atoms with Gasteiger partial charge in [0.05, 0.1) is 5.02 Å². The highest BCUT2D eigenvalue weighted by atomic mass is 79.9. The maximum absolute atomic E-state index is 12.2. The number of hydrogen-bond donors (Lipinski definition) is 1. The molecule has 0 aliphatic rings. The Morgan fingerprint density at radius 1 is 1.50 bits per heavy atom. The molecule has 0 saturated carbocycles. The van der Waals surface area contributed by atoms with E-state index in [-0.39, 0.29) is 15.2 Å². The molecule has 0 spiro atoms. The minimum atomic E-state index is -4.51. The van der Waals surface area contributed by atoms with E-state index < -0.39 is 12.2 Å². The van der Waals surface area contributed by atoms with Crippen LogP contribution in [0.2, 0.25) is 5.02 Å². The van der Waals surface area contributed by atoms with Crippen LogP contribution in [0.25, 0.3) is 0 Å². The summed E-state index contributed by atoms with van der Waals surface area (Å²) >= 11 is 8.38. The summed E-state index contributed by atoms with van der Waals surface area (Å²) in [5.74, 6) is 0. The van der Waals surface area contributed by atoms with Gasteiger partial charge in [0.15, 0.2) is 0 Å². The van der Waals surface area contributed by atoms with E-state index in [1.54, 1.807) is 0 Å². The predicted molar refractivity (Wildman–Crippen MR) is 49.9 cm³/mol. The number of halogens is 5. The highest BCUT2D eigenvalue weighted by Crippen LogP contribution is 2.34. The molecule has 0 bridgehead atoms. The molecular weight excluding hydrogens is 284 g/mol. The fourth-order valence-electron chi connectivity index (χ4n) is 0.833.